The van der Waals surface area contributed by atoms with Gasteiger partial charge in [-0.15, -0.1) is 0 Å². The minimum Gasteiger partial charge on any atom is -0.397 e. The lowest BCUT2D eigenvalue weighted by Gasteiger charge is -2.21. The van der Waals surface area contributed by atoms with Crippen LogP contribution in [0, 0.1) is 6.92 Å². The number of aromatic nitrogens is 1. The van der Waals surface area contributed by atoms with E-state index in [1.165, 1.54) is 0 Å². The third-order valence-corrected chi connectivity index (χ3v) is 2.72. The summed E-state index contributed by atoms with van der Waals surface area (Å²) in [5.74, 6) is -0.0468. The summed E-state index contributed by atoms with van der Waals surface area (Å²) in [6.45, 7) is 8.11. The molecule has 5 heteroatoms. The highest BCUT2D eigenvalue weighted by Gasteiger charge is 2.16. The summed E-state index contributed by atoms with van der Waals surface area (Å²) in [6, 6.07) is 1.67. The molecule has 0 aliphatic carbocycles. The van der Waals surface area contributed by atoms with Gasteiger partial charge in [0, 0.05) is 19.7 Å². The number of nitrogens with two attached hydrogens (primary N) is 1. The Hall–Kier alpha value is -1.62. The van der Waals surface area contributed by atoms with E-state index < -0.39 is 0 Å². The highest BCUT2D eigenvalue weighted by Crippen LogP contribution is 2.12. The van der Waals surface area contributed by atoms with E-state index in [1.54, 1.807) is 17.2 Å². The fourth-order valence-electron chi connectivity index (χ4n) is 1.66. The van der Waals surface area contributed by atoms with E-state index >= 15 is 0 Å². The van der Waals surface area contributed by atoms with Crippen molar-refractivity contribution in [1.82, 2.24) is 9.88 Å². The van der Waals surface area contributed by atoms with Crippen LogP contribution in [0.4, 0.5) is 5.69 Å². The zero-order valence-electron chi connectivity index (χ0n) is 11.3. The first-order valence-electron chi connectivity index (χ1n) is 6.19. The third-order valence-electron chi connectivity index (χ3n) is 2.72. The van der Waals surface area contributed by atoms with E-state index in [4.69, 9.17) is 10.5 Å². The maximum atomic E-state index is 12.3. The number of likely N-dealkylation sites (N-methyl/N-ethyl adjacent to an activating group) is 1. The monoisotopic (exact) mass is 251 g/mol. The van der Waals surface area contributed by atoms with Crippen LogP contribution >= 0.6 is 0 Å². The van der Waals surface area contributed by atoms with Crippen LogP contribution in [-0.2, 0) is 4.74 Å². The molecule has 0 aliphatic heterocycles. The quantitative estimate of drug-likeness (QED) is 0.777. The van der Waals surface area contributed by atoms with Crippen LogP contribution in [0.25, 0.3) is 0 Å². The first kappa shape index (κ1) is 14.4. The van der Waals surface area contributed by atoms with Crippen molar-refractivity contribution in [2.24, 2.45) is 0 Å². The standard InChI is InChI=1S/C13H21N3O2/c1-4-16(6-7-18-5-2)13(17)12-8-11(14)9-15-10(12)3/h8-9H,4-7,14H2,1-3H3. The van der Waals surface area contributed by atoms with Crippen LogP contribution in [0.1, 0.15) is 29.9 Å². The highest BCUT2D eigenvalue weighted by molar-refractivity contribution is 5.96. The van der Waals surface area contributed by atoms with Crippen molar-refractivity contribution < 1.29 is 9.53 Å². The first-order chi connectivity index (χ1) is 8.60. The predicted molar refractivity (Wildman–Crippen MR) is 71.5 cm³/mol. The molecule has 0 atom stereocenters. The van der Waals surface area contributed by atoms with Gasteiger partial charge in [0.15, 0.2) is 0 Å². The smallest absolute Gasteiger partial charge is 0.255 e. The lowest BCUT2D eigenvalue weighted by molar-refractivity contribution is 0.0668. The van der Waals surface area contributed by atoms with Gasteiger partial charge in [-0.25, -0.2) is 0 Å². The summed E-state index contributed by atoms with van der Waals surface area (Å²) in [6.07, 6.45) is 1.56. The van der Waals surface area contributed by atoms with Crippen LogP contribution in [0.2, 0.25) is 0 Å². The molecule has 2 N–H and O–H groups in total. The number of rotatable bonds is 6. The van der Waals surface area contributed by atoms with E-state index in [-0.39, 0.29) is 5.91 Å². The third kappa shape index (κ3) is 3.70. The van der Waals surface area contributed by atoms with Gasteiger partial charge in [-0.1, -0.05) is 0 Å². The van der Waals surface area contributed by atoms with Crippen molar-refractivity contribution in [3.8, 4) is 0 Å². The molecule has 0 radical (unpaired) electrons. The molecule has 1 rings (SSSR count). The summed E-state index contributed by atoms with van der Waals surface area (Å²) >= 11 is 0. The van der Waals surface area contributed by atoms with Gasteiger partial charge in [0.25, 0.3) is 5.91 Å². The molecule has 0 aromatic carbocycles. The number of hydrogen-bond donors (Lipinski definition) is 1. The van der Waals surface area contributed by atoms with E-state index in [9.17, 15) is 4.79 Å². The van der Waals surface area contributed by atoms with Gasteiger partial charge < -0.3 is 15.4 Å². The SMILES string of the molecule is CCOCCN(CC)C(=O)c1cc(N)cnc1C. The molecule has 0 spiro atoms. The van der Waals surface area contributed by atoms with Gasteiger partial charge in [0.05, 0.1) is 29.7 Å². The van der Waals surface area contributed by atoms with Crippen molar-refractivity contribution in [3.05, 3.63) is 23.5 Å². The van der Waals surface area contributed by atoms with Gasteiger partial charge in [-0.3, -0.25) is 9.78 Å². The van der Waals surface area contributed by atoms with Crippen LogP contribution < -0.4 is 5.73 Å². The maximum absolute atomic E-state index is 12.3. The van der Waals surface area contributed by atoms with Crippen LogP contribution in [-0.4, -0.2) is 42.1 Å². The zero-order valence-corrected chi connectivity index (χ0v) is 11.3. The molecule has 5 nitrogen and oxygen atoms in total. The van der Waals surface area contributed by atoms with Gasteiger partial charge in [-0.05, 0) is 26.8 Å². The summed E-state index contributed by atoms with van der Waals surface area (Å²) in [5.41, 5.74) is 7.44. The summed E-state index contributed by atoms with van der Waals surface area (Å²) in [7, 11) is 0. The Morgan fingerprint density at radius 1 is 1.50 bits per heavy atom. The lowest BCUT2D eigenvalue weighted by Crippen LogP contribution is -2.34. The number of pyridine rings is 1. The maximum Gasteiger partial charge on any atom is 0.255 e. The fraction of sp³-hybridized carbons (Fsp3) is 0.538. The second kappa shape index (κ2) is 6.96. The van der Waals surface area contributed by atoms with Crippen molar-refractivity contribution in [3.63, 3.8) is 0 Å². The molecule has 18 heavy (non-hydrogen) atoms. The fourth-order valence-corrected chi connectivity index (χ4v) is 1.66. The molecule has 100 valence electrons. The summed E-state index contributed by atoms with van der Waals surface area (Å²) in [4.78, 5) is 18.2. The number of aryl methyl sites for hydroxylation is 1. The van der Waals surface area contributed by atoms with Gasteiger partial charge in [0.2, 0.25) is 0 Å². The molecule has 0 fully saturated rings. The Bertz CT molecular complexity index is 407. The highest BCUT2D eigenvalue weighted by atomic mass is 16.5. The van der Waals surface area contributed by atoms with E-state index in [0.717, 1.165) is 0 Å². The molecular formula is C13H21N3O2. The number of hydrogen-bond acceptors (Lipinski definition) is 4. The minimum atomic E-state index is -0.0468. The average Bonchev–Trinajstić information content (AvgIpc) is 2.37. The second-order valence-electron chi connectivity index (χ2n) is 3.98. The number of ether oxygens (including phenoxy) is 1. The molecule has 0 unspecified atom stereocenters. The topological polar surface area (TPSA) is 68.5 Å². The number of carbonyl (C=O) groups is 1. The molecule has 1 heterocycles. The normalized spacial score (nSPS) is 10.4. The number of nitrogens with zero attached hydrogens (tertiary/aromatic N) is 2. The van der Waals surface area contributed by atoms with Crippen molar-refractivity contribution in [2.75, 3.05) is 32.0 Å². The Morgan fingerprint density at radius 3 is 2.83 bits per heavy atom. The molecule has 1 aromatic heterocycles. The molecule has 0 bridgehead atoms. The summed E-state index contributed by atoms with van der Waals surface area (Å²) < 4.78 is 5.27. The first-order valence-corrected chi connectivity index (χ1v) is 6.19. The summed E-state index contributed by atoms with van der Waals surface area (Å²) in [5, 5.41) is 0. The Labute approximate surface area is 108 Å². The number of nitrogen functional groups attached to an aromatic ring is 1. The van der Waals surface area contributed by atoms with E-state index in [2.05, 4.69) is 4.98 Å². The van der Waals surface area contributed by atoms with Crippen LogP contribution in [0.15, 0.2) is 12.3 Å². The Balaban J connectivity index is 2.79. The molecule has 0 saturated heterocycles. The molecule has 0 saturated carbocycles. The molecule has 1 aromatic rings. The number of anilines is 1. The van der Waals surface area contributed by atoms with Crippen LogP contribution in [0.5, 0.6) is 0 Å². The van der Waals surface area contributed by atoms with E-state index in [1.807, 2.05) is 20.8 Å². The molecule has 0 aliphatic rings. The Morgan fingerprint density at radius 2 is 2.22 bits per heavy atom. The Kier molecular flexibility index (Phi) is 5.58. The number of amides is 1. The predicted octanol–water partition coefficient (Wildman–Crippen LogP) is 1.47. The lowest BCUT2D eigenvalue weighted by atomic mass is 10.1. The average molecular weight is 251 g/mol. The van der Waals surface area contributed by atoms with Gasteiger partial charge >= 0.3 is 0 Å². The minimum absolute atomic E-state index is 0.0468. The van der Waals surface area contributed by atoms with E-state index in [0.29, 0.717) is 43.2 Å². The van der Waals surface area contributed by atoms with Crippen molar-refractivity contribution in [2.45, 2.75) is 20.8 Å². The second-order valence-corrected chi connectivity index (χ2v) is 3.98. The zero-order chi connectivity index (χ0) is 13.5. The molecular weight excluding hydrogens is 230 g/mol. The van der Waals surface area contributed by atoms with Crippen LogP contribution in [0.3, 0.4) is 0 Å². The van der Waals surface area contributed by atoms with Crippen molar-refractivity contribution >= 4 is 11.6 Å². The van der Waals surface area contributed by atoms with Crippen molar-refractivity contribution in [1.29, 1.82) is 0 Å². The number of carbonyl (C=O) groups excluding carboxylic acids is 1. The largest absolute Gasteiger partial charge is 0.397 e. The van der Waals surface area contributed by atoms with Gasteiger partial charge in [-0.2, -0.15) is 0 Å². The van der Waals surface area contributed by atoms with Gasteiger partial charge in [0.1, 0.15) is 0 Å². The molecule has 1 amide bonds.